The zero-order chi connectivity index (χ0) is 23.1. The predicted molar refractivity (Wildman–Crippen MR) is 113 cm³/mol. The molecule has 0 fully saturated rings. The second kappa shape index (κ2) is 10.7. The van der Waals surface area contributed by atoms with E-state index in [1.54, 1.807) is 0 Å². The van der Waals surface area contributed by atoms with Crippen molar-refractivity contribution in [3.8, 4) is 11.5 Å². The molecule has 2 aromatic carbocycles. The van der Waals surface area contributed by atoms with Gasteiger partial charge in [0.2, 0.25) is 5.82 Å². The lowest BCUT2D eigenvalue weighted by molar-refractivity contribution is -0.387. The number of nitrogens with zero attached hydrogens (tertiary/aromatic N) is 1. The SMILES string of the molecule is CCCOc1c(Br)cc(C(=O)OC(C)C(=O)Nc2ccc(F)c([N+](=O)[O-])c2)cc1OC. The van der Waals surface area contributed by atoms with Crippen molar-refractivity contribution in [2.24, 2.45) is 0 Å². The molecule has 2 rings (SSSR count). The molecule has 1 unspecified atom stereocenters. The number of nitrogens with one attached hydrogen (secondary N) is 1. The summed E-state index contributed by atoms with van der Waals surface area (Å²) in [4.78, 5) is 34.7. The summed E-state index contributed by atoms with van der Waals surface area (Å²) >= 11 is 3.32. The third-order valence-electron chi connectivity index (χ3n) is 3.98. The fourth-order valence-electron chi connectivity index (χ4n) is 2.44. The van der Waals surface area contributed by atoms with Gasteiger partial charge in [-0.1, -0.05) is 6.92 Å². The van der Waals surface area contributed by atoms with E-state index in [0.29, 0.717) is 22.6 Å². The van der Waals surface area contributed by atoms with Gasteiger partial charge in [0.05, 0.1) is 28.7 Å². The molecule has 1 amide bonds. The molecule has 9 nitrogen and oxygen atoms in total. The van der Waals surface area contributed by atoms with Crippen LogP contribution in [0.4, 0.5) is 15.8 Å². The summed E-state index contributed by atoms with van der Waals surface area (Å²) < 4.78 is 29.9. The molecule has 0 aromatic heterocycles. The number of rotatable bonds is 9. The van der Waals surface area contributed by atoms with Gasteiger partial charge in [-0.05, 0) is 53.5 Å². The lowest BCUT2D eigenvalue weighted by Gasteiger charge is -2.16. The third-order valence-corrected chi connectivity index (χ3v) is 4.57. The van der Waals surface area contributed by atoms with Crippen molar-refractivity contribution < 1.29 is 33.1 Å². The fourth-order valence-corrected chi connectivity index (χ4v) is 2.99. The van der Waals surface area contributed by atoms with Crippen molar-refractivity contribution in [2.45, 2.75) is 26.4 Å². The van der Waals surface area contributed by atoms with E-state index in [4.69, 9.17) is 14.2 Å². The van der Waals surface area contributed by atoms with Crippen LogP contribution >= 0.6 is 15.9 Å². The Balaban J connectivity index is 2.11. The number of nitro benzene ring substituents is 1. The van der Waals surface area contributed by atoms with Crippen LogP contribution in [-0.2, 0) is 9.53 Å². The van der Waals surface area contributed by atoms with E-state index in [9.17, 15) is 24.1 Å². The van der Waals surface area contributed by atoms with Gasteiger partial charge in [0.25, 0.3) is 5.91 Å². The highest BCUT2D eigenvalue weighted by Gasteiger charge is 2.23. The minimum atomic E-state index is -1.24. The van der Waals surface area contributed by atoms with Crippen molar-refractivity contribution in [1.82, 2.24) is 0 Å². The number of carbonyl (C=O) groups is 2. The van der Waals surface area contributed by atoms with E-state index in [-0.39, 0.29) is 11.3 Å². The van der Waals surface area contributed by atoms with Crippen LogP contribution in [0.15, 0.2) is 34.8 Å². The second-order valence-electron chi connectivity index (χ2n) is 6.30. The summed E-state index contributed by atoms with van der Waals surface area (Å²) in [5.41, 5.74) is -0.683. The van der Waals surface area contributed by atoms with Gasteiger partial charge in [0, 0.05) is 11.8 Å². The second-order valence-corrected chi connectivity index (χ2v) is 7.15. The number of hydrogen-bond acceptors (Lipinski definition) is 7. The lowest BCUT2D eigenvalue weighted by Crippen LogP contribution is -2.30. The van der Waals surface area contributed by atoms with Crippen LogP contribution in [0.25, 0.3) is 0 Å². The molecule has 1 atom stereocenters. The standard InChI is InChI=1S/C20H20BrFN2O7/c1-4-7-30-18-14(21)8-12(9-17(18)29-3)20(26)31-11(2)19(25)23-13-5-6-15(22)16(10-13)24(27)28/h5-6,8-11H,4,7H2,1-3H3,(H,23,25). The first kappa shape index (κ1) is 24.1. The first-order valence-corrected chi connectivity index (χ1v) is 9.93. The topological polar surface area (TPSA) is 117 Å². The van der Waals surface area contributed by atoms with Crippen molar-refractivity contribution in [1.29, 1.82) is 0 Å². The molecule has 0 aliphatic rings. The first-order valence-electron chi connectivity index (χ1n) is 9.14. The van der Waals surface area contributed by atoms with Gasteiger partial charge >= 0.3 is 11.7 Å². The summed E-state index contributed by atoms with van der Waals surface area (Å²) in [5, 5.41) is 13.2. The molecule has 2 aromatic rings. The highest BCUT2D eigenvalue weighted by atomic mass is 79.9. The molecular weight excluding hydrogens is 479 g/mol. The van der Waals surface area contributed by atoms with Gasteiger partial charge in [-0.15, -0.1) is 0 Å². The number of ether oxygens (including phenoxy) is 3. The molecule has 166 valence electrons. The molecular formula is C20H20BrFN2O7. The van der Waals surface area contributed by atoms with E-state index < -0.39 is 34.4 Å². The van der Waals surface area contributed by atoms with E-state index >= 15 is 0 Å². The maximum atomic E-state index is 13.4. The minimum Gasteiger partial charge on any atom is -0.493 e. The van der Waals surface area contributed by atoms with Crippen LogP contribution in [0.3, 0.4) is 0 Å². The van der Waals surface area contributed by atoms with E-state index in [0.717, 1.165) is 24.6 Å². The number of amides is 1. The van der Waals surface area contributed by atoms with Gasteiger partial charge in [-0.25, -0.2) is 4.79 Å². The smallest absolute Gasteiger partial charge is 0.339 e. The Morgan fingerprint density at radius 1 is 1.29 bits per heavy atom. The quantitative estimate of drug-likeness (QED) is 0.307. The van der Waals surface area contributed by atoms with Crippen LogP contribution in [0.2, 0.25) is 0 Å². The van der Waals surface area contributed by atoms with Crippen LogP contribution < -0.4 is 14.8 Å². The van der Waals surface area contributed by atoms with Gasteiger partial charge in [0.1, 0.15) is 0 Å². The number of methoxy groups -OCH3 is 1. The minimum absolute atomic E-state index is 0.0113. The maximum Gasteiger partial charge on any atom is 0.339 e. The number of esters is 1. The molecule has 0 radical (unpaired) electrons. The molecule has 0 saturated heterocycles. The third kappa shape index (κ3) is 6.14. The Morgan fingerprint density at radius 3 is 2.61 bits per heavy atom. The lowest BCUT2D eigenvalue weighted by atomic mass is 10.2. The van der Waals surface area contributed by atoms with E-state index in [2.05, 4.69) is 21.2 Å². The molecule has 0 spiro atoms. The van der Waals surface area contributed by atoms with Crippen molar-refractivity contribution in [3.63, 3.8) is 0 Å². The largest absolute Gasteiger partial charge is 0.493 e. The summed E-state index contributed by atoms with van der Waals surface area (Å²) in [7, 11) is 1.42. The normalized spacial score (nSPS) is 11.4. The Labute approximate surface area is 185 Å². The maximum absolute atomic E-state index is 13.4. The average molecular weight is 499 g/mol. The average Bonchev–Trinajstić information content (AvgIpc) is 2.73. The molecule has 0 aliphatic carbocycles. The monoisotopic (exact) mass is 498 g/mol. The highest BCUT2D eigenvalue weighted by molar-refractivity contribution is 9.10. The molecule has 0 heterocycles. The van der Waals surface area contributed by atoms with Crippen LogP contribution in [0, 0.1) is 15.9 Å². The Morgan fingerprint density at radius 2 is 2.00 bits per heavy atom. The van der Waals surface area contributed by atoms with Crippen molar-refractivity contribution in [2.75, 3.05) is 19.0 Å². The van der Waals surface area contributed by atoms with Gasteiger partial charge in [0.15, 0.2) is 17.6 Å². The summed E-state index contributed by atoms with van der Waals surface area (Å²) in [6.07, 6.45) is -0.458. The number of carbonyl (C=O) groups excluding carboxylic acids is 2. The van der Waals surface area contributed by atoms with Gasteiger partial charge in [-0.3, -0.25) is 14.9 Å². The van der Waals surface area contributed by atoms with Crippen LogP contribution in [0.5, 0.6) is 11.5 Å². The Hall–Kier alpha value is -3.21. The van der Waals surface area contributed by atoms with Crippen LogP contribution in [0.1, 0.15) is 30.6 Å². The molecule has 1 N–H and O–H groups in total. The summed E-state index contributed by atoms with van der Waals surface area (Å²) in [6.45, 7) is 3.73. The molecule has 0 bridgehead atoms. The zero-order valence-electron chi connectivity index (χ0n) is 16.9. The highest BCUT2D eigenvalue weighted by Crippen LogP contribution is 2.37. The Kier molecular flexibility index (Phi) is 8.31. The number of nitro groups is 1. The molecule has 11 heteroatoms. The van der Waals surface area contributed by atoms with Crippen molar-refractivity contribution in [3.05, 3.63) is 56.3 Å². The van der Waals surface area contributed by atoms with Gasteiger partial charge in [-0.2, -0.15) is 4.39 Å². The number of halogens is 2. The molecule has 0 saturated carbocycles. The predicted octanol–water partition coefficient (Wildman–Crippen LogP) is 4.48. The van der Waals surface area contributed by atoms with Crippen molar-refractivity contribution >= 4 is 39.2 Å². The fraction of sp³-hybridized carbons (Fsp3) is 0.300. The summed E-state index contributed by atoms with van der Waals surface area (Å²) in [5.74, 6) is -1.83. The number of anilines is 1. The van der Waals surface area contributed by atoms with E-state index in [1.807, 2.05) is 6.92 Å². The van der Waals surface area contributed by atoms with E-state index in [1.165, 1.54) is 26.2 Å². The van der Waals surface area contributed by atoms with Gasteiger partial charge < -0.3 is 19.5 Å². The number of hydrogen-bond donors (Lipinski definition) is 1. The molecule has 0 aliphatic heterocycles. The first-order chi connectivity index (χ1) is 14.7. The zero-order valence-corrected chi connectivity index (χ0v) is 18.5. The summed E-state index contributed by atoms with van der Waals surface area (Å²) in [6, 6.07) is 5.79. The molecule has 31 heavy (non-hydrogen) atoms. The Bertz CT molecular complexity index is 1000. The van der Waals surface area contributed by atoms with Crippen LogP contribution in [-0.4, -0.2) is 36.6 Å². The number of benzene rings is 2.